The van der Waals surface area contributed by atoms with Crippen molar-refractivity contribution >= 4 is 11.7 Å². The second-order valence-electron chi connectivity index (χ2n) is 8.17. The predicted molar refractivity (Wildman–Crippen MR) is 91.0 cm³/mol. The van der Waals surface area contributed by atoms with Crippen molar-refractivity contribution in [3.63, 3.8) is 0 Å². The van der Waals surface area contributed by atoms with Gasteiger partial charge in [0.1, 0.15) is 12.4 Å². The molecule has 0 spiro atoms. The molecule has 1 N–H and O–H groups in total. The monoisotopic (exact) mass is 327 g/mol. The Morgan fingerprint density at radius 1 is 1.12 bits per heavy atom. The number of ketones is 1. The fourth-order valence-electron chi connectivity index (χ4n) is 5.49. The minimum absolute atomic E-state index is 0.00905. The molecular formula is C20H25NO3. The summed E-state index contributed by atoms with van der Waals surface area (Å²) in [5.41, 5.74) is 0.633. The van der Waals surface area contributed by atoms with Crippen molar-refractivity contribution in [3.05, 3.63) is 29.8 Å². The van der Waals surface area contributed by atoms with Gasteiger partial charge in [-0.25, -0.2) is 0 Å². The van der Waals surface area contributed by atoms with Gasteiger partial charge in [-0.05, 0) is 81.4 Å². The molecule has 5 rings (SSSR count). The van der Waals surface area contributed by atoms with Gasteiger partial charge in [0.2, 0.25) is 0 Å². The van der Waals surface area contributed by atoms with E-state index < -0.39 is 0 Å². The molecule has 4 nitrogen and oxygen atoms in total. The van der Waals surface area contributed by atoms with Crippen LogP contribution in [0.3, 0.4) is 0 Å². The average molecular weight is 327 g/mol. The van der Waals surface area contributed by atoms with E-state index in [0.717, 1.165) is 37.0 Å². The molecule has 4 aliphatic carbocycles. The Morgan fingerprint density at radius 2 is 1.75 bits per heavy atom. The lowest BCUT2D eigenvalue weighted by molar-refractivity contribution is -0.118. The van der Waals surface area contributed by atoms with Crippen LogP contribution in [-0.4, -0.2) is 23.8 Å². The highest BCUT2D eigenvalue weighted by Gasteiger charge is 2.51. The molecule has 4 saturated carbocycles. The third-order valence-corrected chi connectivity index (χ3v) is 5.96. The first-order chi connectivity index (χ1) is 11.5. The predicted octanol–water partition coefficient (Wildman–Crippen LogP) is 3.35. The third kappa shape index (κ3) is 3.06. The molecule has 1 amide bonds. The smallest absolute Gasteiger partial charge is 0.251 e. The lowest BCUT2D eigenvalue weighted by atomic mass is 9.53. The first-order valence-electron chi connectivity index (χ1n) is 9.06. The van der Waals surface area contributed by atoms with Gasteiger partial charge in [-0.15, -0.1) is 0 Å². The van der Waals surface area contributed by atoms with Gasteiger partial charge in [-0.3, -0.25) is 9.59 Å². The highest BCUT2D eigenvalue weighted by Crippen LogP contribution is 2.55. The summed E-state index contributed by atoms with van der Waals surface area (Å²) < 4.78 is 5.42. The zero-order valence-electron chi connectivity index (χ0n) is 14.2. The van der Waals surface area contributed by atoms with Crippen LogP contribution >= 0.6 is 0 Å². The summed E-state index contributed by atoms with van der Waals surface area (Å²) in [6.45, 7) is 1.53. The highest BCUT2D eigenvalue weighted by molar-refractivity contribution is 5.95. The van der Waals surface area contributed by atoms with E-state index in [1.165, 1.54) is 26.2 Å². The highest BCUT2D eigenvalue weighted by atomic mass is 16.5. The molecule has 1 aromatic carbocycles. The van der Waals surface area contributed by atoms with E-state index in [1.807, 2.05) is 12.1 Å². The van der Waals surface area contributed by atoms with Crippen LogP contribution in [0, 0.1) is 17.8 Å². The Bertz CT molecular complexity index is 631. The Hall–Kier alpha value is -1.84. The first kappa shape index (κ1) is 15.7. The second kappa shape index (κ2) is 5.91. The standard InChI is InChI=1S/C20H25NO3/c1-13(22)12-24-18-4-2-3-17(8-18)19(23)21-20-9-14-5-15(10-20)7-16(6-14)11-20/h2-4,8,14-16H,5-7,9-12H2,1H3,(H,21,23). The molecule has 24 heavy (non-hydrogen) atoms. The van der Waals surface area contributed by atoms with Gasteiger partial charge in [0.15, 0.2) is 5.78 Å². The van der Waals surface area contributed by atoms with Gasteiger partial charge >= 0.3 is 0 Å². The Labute approximate surface area is 143 Å². The van der Waals surface area contributed by atoms with Crippen LogP contribution in [0.15, 0.2) is 24.3 Å². The summed E-state index contributed by atoms with van der Waals surface area (Å²) in [5.74, 6) is 2.96. The van der Waals surface area contributed by atoms with Crippen molar-refractivity contribution in [2.24, 2.45) is 17.8 Å². The number of nitrogens with one attached hydrogen (secondary N) is 1. The number of amides is 1. The van der Waals surface area contributed by atoms with Gasteiger partial charge < -0.3 is 10.1 Å². The zero-order valence-corrected chi connectivity index (χ0v) is 14.2. The van der Waals surface area contributed by atoms with Crippen molar-refractivity contribution in [3.8, 4) is 5.75 Å². The van der Waals surface area contributed by atoms with Crippen LogP contribution in [0.4, 0.5) is 0 Å². The quantitative estimate of drug-likeness (QED) is 0.902. The number of hydrogen-bond acceptors (Lipinski definition) is 3. The molecule has 1 aromatic rings. The minimum atomic E-state index is -0.0292. The molecule has 0 aliphatic heterocycles. The summed E-state index contributed by atoms with van der Waals surface area (Å²) in [6.07, 6.45) is 7.53. The van der Waals surface area contributed by atoms with Crippen LogP contribution in [-0.2, 0) is 4.79 Å². The molecular weight excluding hydrogens is 302 g/mol. The third-order valence-electron chi connectivity index (χ3n) is 5.96. The molecule has 4 bridgehead atoms. The molecule has 0 heterocycles. The van der Waals surface area contributed by atoms with Crippen LogP contribution in [0.5, 0.6) is 5.75 Å². The lowest BCUT2D eigenvalue weighted by Crippen LogP contribution is -2.59. The van der Waals surface area contributed by atoms with E-state index in [9.17, 15) is 9.59 Å². The van der Waals surface area contributed by atoms with Crippen molar-refractivity contribution in [1.29, 1.82) is 0 Å². The number of hydrogen-bond donors (Lipinski definition) is 1. The van der Waals surface area contributed by atoms with Gasteiger partial charge in [0, 0.05) is 11.1 Å². The Morgan fingerprint density at radius 3 is 2.33 bits per heavy atom. The Balaban J connectivity index is 1.46. The molecule has 4 heteroatoms. The van der Waals surface area contributed by atoms with Crippen LogP contribution < -0.4 is 10.1 Å². The topological polar surface area (TPSA) is 55.4 Å². The van der Waals surface area contributed by atoms with E-state index in [2.05, 4.69) is 5.32 Å². The minimum Gasteiger partial charge on any atom is -0.486 e. The molecule has 0 atom stereocenters. The van der Waals surface area contributed by atoms with Gasteiger partial charge in [-0.1, -0.05) is 6.07 Å². The summed E-state index contributed by atoms with van der Waals surface area (Å²) in [6, 6.07) is 7.14. The second-order valence-corrected chi connectivity index (χ2v) is 8.17. The fraction of sp³-hybridized carbons (Fsp3) is 0.600. The summed E-state index contributed by atoms with van der Waals surface area (Å²) in [4.78, 5) is 23.8. The van der Waals surface area contributed by atoms with E-state index >= 15 is 0 Å². The Kier molecular flexibility index (Phi) is 3.86. The van der Waals surface area contributed by atoms with E-state index in [0.29, 0.717) is 11.3 Å². The van der Waals surface area contributed by atoms with Crippen molar-refractivity contribution < 1.29 is 14.3 Å². The normalized spacial score (nSPS) is 33.3. The molecule has 0 saturated heterocycles. The van der Waals surface area contributed by atoms with Crippen molar-refractivity contribution in [2.45, 2.75) is 51.0 Å². The van der Waals surface area contributed by atoms with Crippen LogP contribution in [0.1, 0.15) is 55.8 Å². The maximum atomic E-state index is 12.8. The number of ether oxygens (including phenoxy) is 1. The number of carbonyl (C=O) groups excluding carboxylic acids is 2. The van der Waals surface area contributed by atoms with Gasteiger partial charge in [-0.2, -0.15) is 0 Å². The number of carbonyl (C=O) groups is 2. The van der Waals surface area contributed by atoms with Gasteiger partial charge in [0.25, 0.3) is 5.91 Å². The molecule has 0 aromatic heterocycles. The summed E-state index contributed by atoms with van der Waals surface area (Å²) in [5, 5.41) is 3.37. The number of rotatable bonds is 5. The van der Waals surface area contributed by atoms with E-state index in [-0.39, 0.29) is 23.8 Å². The van der Waals surface area contributed by atoms with Gasteiger partial charge in [0.05, 0.1) is 0 Å². The van der Waals surface area contributed by atoms with E-state index in [4.69, 9.17) is 4.74 Å². The summed E-state index contributed by atoms with van der Waals surface area (Å²) >= 11 is 0. The molecule has 4 fully saturated rings. The van der Waals surface area contributed by atoms with Crippen LogP contribution in [0.25, 0.3) is 0 Å². The van der Waals surface area contributed by atoms with E-state index in [1.54, 1.807) is 12.1 Å². The number of Topliss-reactive ketones (excluding diaryl/α,β-unsaturated/α-hetero) is 1. The number of benzene rings is 1. The SMILES string of the molecule is CC(=O)COc1cccc(C(=O)NC23CC4CC(CC(C4)C2)C3)c1. The molecule has 128 valence electrons. The van der Waals surface area contributed by atoms with Crippen molar-refractivity contribution in [1.82, 2.24) is 5.32 Å². The van der Waals surface area contributed by atoms with Crippen LogP contribution in [0.2, 0.25) is 0 Å². The summed E-state index contributed by atoms with van der Waals surface area (Å²) in [7, 11) is 0. The fourth-order valence-corrected chi connectivity index (χ4v) is 5.49. The average Bonchev–Trinajstić information content (AvgIpc) is 2.51. The molecule has 0 radical (unpaired) electrons. The maximum absolute atomic E-state index is 12.8. The maximum Gasteiger partial charge on any atom is 0.251 e. The lowest BCUT2D eigenvalue weighted by Gasteiger charge is -2.56. The largest absolute Gasteiger partial charge is 0.486 e. The first-order valence-corrected chi connectivity index (χ1v) is 9.06. The zero-order chi connectivity index (χ0) is 16.7. The van der Waals surface area contributed by atoms with Crippen molar-refractivity contribution in [2.75, 3.05) is 6.61 Å². The molecule has 0 unspecified atom stereocenters. The molecule has 4 aliphatic rings.